The number of nitrogens with zero attached hydrogens (tertiary/aromatic N) is 4. The van der Waals surface area contributed by atoms with Gasteiger partial charge in [-0.15, -0.1) is 10.2 Å². The molecule has 2 N–H and O–H groups in total. The number of hydrogen-bond donors (Lipinski definition) is 1. The van der Waals surface area contributed by atoms with Gasteiger partial charge < -0.3 is 5.73 Å². The Morgan fingerprint density at radius 1 is 1.09 bits per heavy atom. The van der Waals surface area contributed by atoms with Crippen molar-refractivity contribution < 1.29 is 0 Å². The maximum atomic E-state index is 6.39. The van der Waals surface area contributed by atoms with Crippen LogP contribution in [0.25, 0.3) is 5.69 Å². The molecule has 1 aliphatic heterocycles. The predicted octanol–water partition coefficient (Wildman–Crippen LogP) is 3.16. The molecule has 0 atom stereocenters. The summed E-state index contributed by atoms with van der Waals surface area (Å²) in [4.78, 5) is 4.74. The van der Waals surface area contributed by atoms with Gasteiger partial charge in [-0.25, -0.2) is 0 Å². The zero-order valence-corrected chi connectivity index (χ0v) is 13.2. The van der Waals surface area contributed by atoms with Gasteiger partial charge in [0.15, 0.2) is 5.82 Å². The van der Waals surface area contributed by atoms with Crippen LogP contribution in [-0.4, -0.2) is 20.5 Å². The number of rotatable bonds is 1. The molecule has 2 aromatic carbocycles. The van der Waals surface area contributed by atoms with Crippen LogP contribution in [-0.2, 0) is 6.54 Å². The van der Waals surface area contributed by atoms with Gasteiger partial charge in [0, 0.05) is 21.8 Å². The molecule has 3 aromatic rings. The topological polar surface area (TPSA) is 69.1 Å². The monoisotopic (exact) mass is 323 g/mol. The largest absolute Gasteiger partial charge is 0.399 e. The Balaban J connectivity index is 2.03. The maximum Gasteiger partial charge on any atom is 0.159 e. The zero-order chi connectivity index (χ0) is 16.0. The molecule has 114 valence electrons. The van der Waals surface area contributed by atoms with Crippen LogP contribution in [0.3, 0.4) is 0 Å². The fourth-order valence-electron chi connectivity index (χ4n) is 2.88. The molecule has 0 unspecified atom stereocenters. The fraction of sp³-hybridized carbons (Fsp3) is 0.118. The number of aromatic nitrogens is 3. The molecule has 0 aliphatic carbocycles. The highest BCUT2D eigenvalue weighted by Crippen LogP contribution is 2.29. The number of hydrogen-bond acceptors (Lipinski definition) is 4. The molecule has 0 saturated heterocycles. The minimum atomic E-state index is 0.440. The summed E-state index contributed by atoms with van der Waals surface area (Å²) in [7, 11) is 0. The van der Waals surface area contributed by atoms with Gasteiger partial charge in [0.05, 0.1) is 11.4 Å². The zero-order valence-electron chi connectivity index (χ0n) is 12.5. The average molecular weight is 324 g/mol. The summed E-state index contributed by atoms with van der Waals surface area (Å²) in [6.45, 7) is 2.37. The number of aryl methyl sites for hydroxylation is 1. The van der Waals surface area contributed by atoms with Gasteiger partial charge in [0.1, 0.15) is 12.4 Å². The molecular formula is C17H14ClN5. The first-order valence-corrected chi connectivity index (χ1v) is 7.63. The first kappa shape index (κ1) is 14.0. The SMILES string of the molecule is Cc1nnc2n1-c1ccc(N)cc1C(c1ccccc1Cl)=NC2. The Hall–Kier alpha value is -2.66. The third-order valence-corrected chi connectivity index (χ3v) is 4.25. The number of benzene rings is 2. The molecule has 1 aliphatic rings. The number of nitrogens with two attached hydrogens (primary N) is 1. The lowest BCUT2D eigenvalue weighted by molar-refractivity contribution is 0.862. The van der Waals surface area contributed by atoms with Gasteiger partial charge >= 0.3 is 0 Å². The van der Waals surface area contributed by atoms with E-state index in [2.05, 4.69) is 10.2 Å². The molecule has 4 rings (SSSR count). The highest BCUT2D eigenvalue weighted by atomic mass is 35.5. The van der Waals surface area contributed by atoms with Crippen LogP contribution < -0.4 is 5.73 Å². The van der Waals surface area contributed by atoms with Crippen molar-refractivity contribution >= 4 is 23.0 Å². The third-order valence-electron chi connectivity index (χ3n) is 3.92. The van der Waals surface area contributed by atoms with Crippen molar-refractivity contribution in [3.8, 4) is 5.69 Å². The van der Waals surface area contributed by atoms with Gasteiger partial charge in [-0.05, 0) is 31.2 Å². The summed E-state index contributed by atoms with van der Waals surface area (Å²) in [6, 6.07) is 13.5. The van der Waals surface area contributed by atoms with E-state index < -0.39 is 0 Å². The van der Waals surface area contributed by atoms with Crippen LogP contribution in [0.5, 0.6) is 0 Å². The fourth-order valence-corrected chi connectivity index (χ4v) is 3.10. The third kappa shape index (κ3) is 2.21. The Kier molecular flexibility index (Phi) is 3.16. The Morgan fingerprint density at radius 3 is 2.74 bits per heavy atom. The van der Waals surface area contributed by atoms with Crippen molar-refractivity contribution in [3.05, 3.63) is 70.3 Å². The Morgan fingerprint density at radius 2 is 1.91 bits per heavy atom. The smallest absolute Gasteiger partial charge is 0.159 e. The summed E-state index contributed by atoms with van der Waals surface area (Å²) < 4.78 is 2.02. The van der Waals surface area contributed by atoms with Gasteiger partial charge in [0.25, 0.3) is 0 Å². The molecule has 6 heteroatoms. The first-order chi connectivity index (χ1) is 11.1. The van der Waals surface area contributed by atoms with Crippen molar-refractivity contribution in [1.82, 2.24) is 14.8 Å². The molecule has 5 nitrogen and oxygen atoms in total. The summed E-state index contributed by atoms with van der Waals surface area (Å²) in [5.74, 6) is 1.62. The lowest BCUT2D eigenvalue weighted by Gasteiger charge is -2.14. The summed E-state index contributed by atoms with van der Waals surface area (Å²) >= 11 is 6.39. The van der Waals surface area contributed by atoms with E-state index in [0.717, 1.165) is 34.2 Å². The van der Waals surface area contributed by atoms with Crippen LogP contribution in [0, 0.1) is 6.92 Å². The van der Waals surface area contributed by atoms with E-state index in [0.29, 0.717) is 17.3 Å². The van der Waals surface area contributed by atoms with E-state index in [1.54, 1.807) is 0 Å². The summed E-state index contributed by atoms with van der Waals surface area (Å²) in [5.41, 5.74) is 10.3. The maximum absolute atomic E-state index is 6.39. The van der Waals surface area contributed by atoms with Crippen LogP contribution in [0.1, 0.15) is 22.8 Å². The lowest BCUT2D eigenvalue weighted by Crippen LogP contribution is -2.09. The Bertz CT molecular complexity index is 942. The van der Waals surface area contributed by atoms with E-state index in [9.17, 15) is 0 Å². The van der Waals surface area contributed by atoms with Gasteiger partial charge in [-0.2, -0.15) is 0 Å². The summed E-state index contributed by atoms with van der Waals surface area (Å²) in [6.07, 6.45) is 0. The molecule has 0 amide bonds. The molecular weight excluding hydrogens is 310 g/mol. The molecule has 0 bridgehead atoms. The molecule has 2 heterocycles. The number of fused-ring (bicyclic) bond motifs is 3. The Labute approximate surface area is 138 Å². The average Bonchev–Trinajstić information content (AvgIpc) is 2.82. The van der Waals surface area contributed by atoms with Crippen molar-refractivity contribution in [2.75, 3.05) is 5.73 Å². The van der Waals surface area contributed by atoms with Crippen LogP contribution >= 0.6 is 11.6 Å². The predicted molar refractivity (Wildman–Crippen MR) is 91.3 cm³/mol. The second-order valence-electron chi connectivity index (χ2n) is 5.42. The van der Waals surface area contributed by atoms with Crippen LogP contribution in [0.2, 0.25) is 5.02 Å². The second-order valence-corrected chi connectivity index (χ2v) is 5.83. The molecule has 0 radical (unpaired) electrons. The van der Waals surface area contributed by atoms with Crippen LogP contribution in [0.15, 0.2) is 47.5 Å². The van der Waals surface area contributed by atoms with Crippen molar-refractivity contribution in [1.29, 1.82) is 0 Å². The van der Waals surface area contributed by atoms with E-state index >= 15 is 0 Å². The lowest BCUT2D eigenvalue weighted by atomic mass is 9.99. The van der Waals surface area contributed by atoms with Crippen LogP contribution in [0.4, 0.5) is 5.69 Å². The number of nitrogen functional groups attached to an aromatic ring is 1. The van der Waals surface area contributed by atoms with E-state index in [4.69, 9.17) is 22.3 Å². The van der Waals surface area contributed by atoms with E-state index in [1.807, 2.05) is 54.0 Å². The normalized spacial score (nSPS) is 13.0. The molecule has 0 fully saturated rings. The molecule has 0 saturated carbocycles. The highest BCUT2D eigenvalue weighted by Gasteiger charge is 2.22. The minimum absolute atomic E-state index is 0.440. The number of halogens is 1. The van der Waals surface area contributed by atoms with Crippen molar-refractivity contribution in [2.24, 2.45) is 4.99 Å². The molecule has 0 spiro atoms. The van der Waals surface area contributed by atoms with Crippen molar-refractivity contribution in [3.63, 3.8) is 0 Å². The molecule has 23 heavy (non-hydrogen) atoms. The van der Waals surface area contributed by atoms with Gasteiger partial charge in [0.2, 0.25) is 0 Å². The van der Waals surface area contributed by atoms with E-state index in [1.165, 1.54) is 0 Å². The van der Waals surface area contributed by atoms with Crippen molar-refractivity contribution in [2.45, 2.75) is 13.5 Å². The summed E-state index contributed by atoms with van der Waals surface area (Å²) in [5, 5.41) is 9.05. The first-order valence-electron chi connectivity index (χ1n) is 7.25. The second kappa shape index (κ2) is 5.21. The van der Waals surface area contributed by atoms with Gasteiger partial charge in [-0.3, -0.25) is 9.56 Å². The highest BCUT2D eigenvalue weighted by molar-refractivity contribution is 6.35. The van der Waals surface area contributed by atoms with E-state index in [-0.39, 0.29) is 0 Å². The quantitative estimate of drug-likeness (QED) is 0.699. The minimum Gasteiger partial charge on any atom is -0.399 e. The number of aliphatic imine (C=N–C) groups is 1. The standard InChI is InChI=1S/C17H14ClN5/c1-10-21-22-16-9-20-17(12-4-2-3-5-14(12)18)13-8-11(19)6-7-15(13)23(10)16/h2-8H,9,19H2,1H3. The molecule has 1 aromatic heterocycles. The van der Waals surface area contributed by atoms with Gasteiger partial charge in [-0.1, -0.05) is 29.8 Å². The number of anilines is 1.